The molecule has 1 heterocycles. The van der Waals surface area contributed by atoms with Gasteiger partial charge in [-0.05, 0) is 6.07 Å². The van der Waals surface area contributed by atoms with Crippen LogP contribution in [0.25, 0.3) is 0 Å². The van der Waals surface area contributed by atoms with Gasteiger partial charge in [-0.3, -0.25) is 0 Å². The number of rotatable bonds is 1. The maximum Gasteiger partial charge on any atom is 0.212 e. The van der Waals surface area contributed by atoms with Gasteiger partial charge >= 0.3 is 0 Å². The molecule has 0 saturated heterocycles. The van der Waals surface area contributed by atoms with Gasteiger partial charge in [0, 0.05) is 23.0 Å². The van der Waals surface area contributed by atoms with E-state index < -0.39 is 0 Å². The minimum Gasteiger partial charge on any atom is -0.481 e. The van der Waals surface area contributed by atoms with Crippen LogP contribution in [-0.4, -0.2) is 12.1 Å². The largest absolute Gasteiger partial charge is 0.481 e. The first-order valence-electron chi connectivity index (χ1n) is 2.58. The molecule has 0 aliphatic heterocycles. The van der Waals surface area contributed by atoms with Crippen molar-refractivity contribution in [1.82, 2.24) is 4.98 Å². The minimum absolute atomic E-state index is 0.660. The van der Waals surface area contributed by atoms with Gasteiger partial charge in [0.2, 0.25) is 5.88 Å². The maximum absolute atomic E-state index is 6.00. The Hall–Kier alpha value is -1.63. The molecule has 0 atom stereocenters. The molecule has 0 aromatic carbocycles. The summed E-state index contributed by atoms with van der Waals surface area (Å²) in [5, 5.41) is 12.0. The highest BCUT2D eigenvalue weighted by molar-refractivity contribution is 5.08. The number of hydrogen-bond acceptors (Lipinski definition) is 4. The van der Waals surface area contributed by atoms with E-state index in [9.17, 15) is 0 Å². The van der Waals surface area contributed by atoms with Gasteiger partial charge in [-0.25, -0.2) is 4.98 Å². The molecule has 4 nitrogen and oxygen atoms in total. The van der Waals surface area contributed by atoms with Crippen LogP contribution < -0.4 is 4.74 Å². The first kappa shape index (κ1) is 8.37. The van der Waals surface area contributed by atoms with E-state index in [2.05, 4.69) is 4.98 Å². The summed E-state index contributed by atoms with van der Waals surface area (Å²) in [6, 6.07) is 5.54. The molecular weight excluding hydrogens is 130 g/mol. The van der Waals surface area contributed by atoms with Crippen LogP contribution in [0.3, 0.4) is 0 Å². The second-order valence-electron chi connectivity index (χ2n) is 1.37. The molecule has 0 saturated carbocycles. The molecule has 0 N–H and O–H groups in total. The fourth-order valence-corrected chi connectivity index (χ4v) is 0.468. The Bertz CT molecular complexity index is 185. The Labute approximate surface area is 58.9 Å². The van der Waals surface area contributed by atoms with E-state index in [1.807, 2.05) is 12.1 Å². The number of pyridine rings is 1. The van der Waals surface area contributed by atoms with Crippen LogP contribution in [0, 0.1) is 10.8 Å². The Balaban J connectivity index is 0.000000371. The number of aromatic nitrogens is 1. The quantitative estimate of drug-likeness (QED) is 0.544. The first-order valence-corrected chi connectivity index (χ1v) is 2.58. The molecule has 4 heteroatoms. The van der Waals surface area contributed by atoms with Gasteiger partial charge in [0.1, 0.15) is 0 Å². The highest BCUT2D eigenvalue weighted by atomic mass is 16.5. The third kappa shape index (κ3) is 2.62. The Morgan fingerprint density at radius 3 is 2.40 bits per heavy atom. The van der Waals surface area contributed by atoms with Gasteiger partial charge in [-0.1, -0.05) is 6.07 Å². The highest BCUT2D eigenvalue weighted by Gasteiger charge is 1.82. The fourth-order valence-electron chi connectivity index (χ4n) is 0.468. The third-order valence-electron chi connectivity index (χ3n) is 0.847. The zero-order valence-electron chi connectivity index (χ0n) is 5.56. The average Bonchev–Trinajstić information content (AvgIpc) is 2.10. The molecule has 0 spiro atoms. The zero-order chi connectivity index (χ0) is 7.82. The van der Waals surface area contributed by atoms with Gasteiger partial charge in [0.05, 0.1) is 7.11 Å². The monoisotopic (exact) mass is 137 g/mol. The van der Waals surface area contributed by atoms with Crippen molar-refractivity contribution in [2.75, 3.05) is 7.11 Å². The normalized spacial score (nSPS) is 7.10. The van der Waals surface area contributed by atoms with Crippen molar-refractivity contribution >= 4 is 0 Å². The van der Waals surface area contributed by atoms with Crippen molar-refractivity contribution in [3.8, 4) is 5.88 Å². The summed E-state index contributed by atoms with van der Waals surface area (Å²) in [4.78, 5) is 3.88. The van der Waals surface area contributed by atoms with Crippen LogP contribution in [0.15, 0.2) is 24.4 Å². The fraction of sp³-hybridized carbons (Fsp3) is 0.167. The predicted octanol–water partition coefficient (Wildman–Crippen LogP) is 1.12. The number of nitrogens with zero attached hydrogens (tertiary/aromatic N) is 3. The first-order chi connectivity index (χ1) is 4.93. The molecule has 0 unspecified atom stereocenters. The van der Waals surface area contributed by atoms with E-state index in [1.165, 1.54) is 0 Å². The molecule has 0 aliphatic rings. The van der Waals surface area contributed by atoms with E-state index in [0.717, 1.165) is 0 Å². The van der Waals surface area contributed by atoms with Crippen LogP contribution in [-0.2, 0) is 0 Å². The summed E-state index contributed by atoms with van der Waals surface area (Å²) in [6.07, 6.45) is 1.69. The predicted molar refractivity (Wildman–Crippen MR) is 34.2 cm³/mol. The van der Waals surface area contributed by atoms with Crippen molar-refractivity contribution in [2.45, 2.75) is 0 Å². The van der Waals surface area contributed by atoms with Crippen molar-refractivity contribution in [1.29, 1.82) is 10.8 Å². The Morgan fingerprint density at radius 1 is 1.40 bits per heavy atom. The van der Waals surface area contributed by atoms with Crippen LogP contribution in [0.4, 0.5) is 0 Å². The molecule has 0 amide bonds. The summed E-state index contributed by atoms with van der Waals surface area (Å²) >= 11 is 0. The SMILES string of the molecule is COc1ccccn1.N#N. The topological polar surface area (TPSA) is 69.7 Å². The van der Waals surface area contributed by atoms with Gasteiger partial charge in [-0.15, -0.1) is 0 Å². The number of methoxy groups -OCH3 is 1. The molecule has 1 aromatic rings. The summed E-state index contributed by atoms with van der Waals surface area (Å²) in [5.74, 6) is 0.660. The number of hydrogen-bond donors (Lipinski definition) is 0. The van der Waals surface area contributed by atoms with Crippen molar-refractivity contribution < 1.29 is 4.74 Å². The molecule has 10 heavy (non-hydrogen) atoms. The lowest BCUT2D eigenvalue weighted by Crippen LogP contribution is -1.83. The van der Waals surface area contributed by atoms with Crippen LogP contribution in [0.2, 0.25) is 0 Å². The maximum atomic E-state index is 6.00. The van der Waals surface area contributed by atoms with Gasteiger partial charge in [0.25, 0.3) is 0 Å². The average molecular weight is 137 g/mol. The molecule has 0 bridgehead atoms. The van der Waals surface area contributed by atoms with Crippen molar-refractivity contribution in [2.24, 2.45) is 0 Å². The molecule has 0 radical (unpaired) electrons. The van der Waals surface area contributed by atoms with E-state index in [-0.39, 0.29) is 0 Å². The Morgan fingerprint density at radius 2 is 2.10 bits per heavy atom. The lowest BCUT2D eigenvalue weighted by molar-refractivity contribution is 0.398. The number of ether oxygens (including phenoxy) is 1. The third-order valence-corrected chi connectivity index (χ3v) is 0.847. The summed E-state index contributed by atoms with van der Waals surface area (Å²) in [7, 11) is 1.60. The Kier molecular flexibility index (Phi) is 4.61. The van der Waals surface area contributed by atoms with E-state index >= 15 is 0 Å². The summed E-state index contributed by atoms with van der Waals surface area (Å²) < 4.78 is 4.80. The minimum atomic E-state index is 0.660. The van der Waals surface area contributed by atoms with Crippen molar-refractivity contribution in [3.63, 3.8) is 0 Å². The van der Waals surface area contributed by atoms with Gasteiger partial charge in [-0.2, -0.15) is 0 Å². The standard InChI is InChI=1S/C6H7NO.N2/c1-8-6-4-2-3-5-7-6;1-2/h2-5H,1H3;. The molecule has 0 fully saturated rings. The zero-order valence-corrected chi connectivity index (χ0v) is 5.56. The van der Waals surface area contributed by atoms with Crippen LogP contribution >= 0.6 is 0 Å². The molecular formula is C6H7N3O. The second-order valence-corrected chi connectivity index (χ2v) is 1.37. The molecule has 52 valence electrons. The van der Waals surface area contributed by atoms with Gasteiger partial charge < -0.3 is 4.74 Å². The molecule has 0 aliphatic carbocycles. The van der Waals surface area contributed by atoms with E-state index in [4.69, 9.17) is 15.5 Å². The molecule has 1 rings (SSSR count). The lowest BCUT2D eigenvalue weighted by atomic mass is 10.5. The lowest BCUT2D eigenvalue weighted by Gasteiger charge is -1.92. The van der Waals surface area contributed by atoms with Crippen molar-refractivity contribution in [3.05, 3.63) is 24.4 Å². The highest BCUT2D eigenvalue weighted by Crippen LogP contribution is 1.99. The summed E-state index contributed by atoms with van der Waals surface area (Å²) in [5.41, 5.74) is 0. The molecule has 1 aromatic heterocycles. The van der Waals surface area contributed by atoms with Crippen LogP contribution in [0.1, 0.15) is 0 Å². The summed E-state index contributed by atoms with van der Waals surface area (Å²) in [6.45, 7) is 0. The van der Waals surface area contributed by atoms with Gasteiger partial charge in [0.15, 0.2) is 0 Å². The smallest absolute Gasteiger partial charge is 0.212 e. The van der Waals surface area contributed by atoms with E-state index in [1.54, 1.807) is 19.4 Å². The van der Waals surface area contributed by atoms with E-state index in [0.29, 0.717) is 5.88 Å². The van der Waals surface area contributed by atoms with Crippen LogP contribution in [0.5, 0.6) is 5.88 Å². The second kappa shape index (κ2) is 5.51.